The normalized spacial score (nSPS) is 13.5. The first-order valence-electron chi connectivity index (χ1n) is 7.37. The molecule has 1 atom stereocenters. The van der Waals surface area contributed by atoms with Crippen molar-refractivity contribution in [1.82, 2.24) is 0 Å². The van der Waals surface area contributed by atoms with E-state index in [1.54, 1.807) is 0 Å². The van der Waals surface area contributed by atoms with Crippen LogP contribution in [0.2, 0.25) is 0 Å². The third-order valence-electron chi connectivity index (χ3n) is 4.32. The smallest absolute Gasteiger partial charge is 0.104 e. The van der Waals surface area contributed by atoms with Crippen LogP contribution < -0.4 is 0 Å². The highest BCUT2D eigenvalue weighted by atomic mass is 79.9. The molecule has 0 amide bonds. The minimum absolute atomic E-state index is 0.581. The van der Waals surface area contributed by atoms with Crippen molar-refractivity contribution in [3.8, 4) is 11.1 Å². The Kier molecular flexibility index (Phi) is 3.36. The Labute approximate surface area is 138 Å². The van der Waals surface area contributed by atoms with Crippen LogP contribution in [0.1, 0.15) is 28.4 Å². The van der Waals surface area contributed by atoms with Crippen molar-refractivity contribution >= 4 is 15.9 Å². The molecule has 1 aliphatic rings. The van der Waals surface area contributed by atoms with Crippen LogP contribution in [0.3, 0.4) is 0 Å². The zero-order valence-corrected chi connectivity index (χ0v) is 13.5. The van der Waals surface area contributed by atoms with Gasteiger partial charge in [-0.25, -0.2) is 0 Å². The van der Waals surface area contributed by atoms with E-state index in [2.05, 4.69) is 52.3 Å². The maximum Gasteiger partial charge on any atom is 0.104 e. The topological polar surface area (TPSA) is 20.2 Å². The molecule has 0 radical (unpaired) electrons. The van der Waals surface area contributed by atoms with Crippen LogP contribution in [-0.2, 0) is 6.42 Å². The van der Waals surface area contributed by atoms with E-state index in [0.717, 1.165) is 22.0 Å². The quantitative estimate of drug-likeness (QED) is 0.533. The van der Waals surface area contributed by atoms with Gasteiger partial charge in [-0.1, -0.05) is 70.5 Å². The van der Waals surface area contributed by atoms with Crippen molar-refractivity contribution in [3.63, 3.8) is 0 Å². The summed E-state index contributed by atoms with van der Waals surface area (Å²) in [6.45, 7) is 0. The molecule has 0 unspecified atom stereocenters. The molecule has 0 saturated heterocycles. The van der Waals surface area contributed by atoms with Gasteiger partial charge < -0.3 is 5.11 Å². The van der Waals surface area contributed by atoms with Gasteiger partial charge in [0.2, 0.25) is 0 Å². The summed E-state index contributed by atoms with van der Waals surface area (Å²) in [5, 5.41) is 10.6. The first-order chi connectivity index (χ1) is 10.7. The van der Waals surface area contributed by atoms with Gasteiger partial charge in [0.05, 0.1) is 0 Å². The van der Waals surface area contributed by atoms with Crippen molar-refractivity contribution in [2.45, 2.75) is 12.5 Å². The number of benzene rings is 3. The fourth-order valence-electron chi connectivity index (χ4n) is 3.17. The van der Waals surface area contributed by atoms with Crippen molar-refractivity contribution in [2.24, 2.45) is 0 Å². The van der Waals surface area contributed by atoms with Gasteiger partial charge in [-0.05, 0) is 51.9 Å². The van der Waals surface area contributed by atoms with Gasteiger partial charge in [0.1, 0.15) is 6.10 Å². The number of hydrogen-bond donors (Lipinski definition) is 1. The highest BCUT2D eigenvalue weighted by Crippen LogP contribution is 2.38. The molecule has 2 heteroatoms. The molecule has 0 heterocycles. The Balaban J connectivity index is 1.71. The summed E-state index contributed by atoms with van der Waals surface area (Å²) in [4.78, 5) is 0. The average Bonchev–Trinajstić information content (AvgIpc) is 2.92. The molecule has 0 aromatic heterocycles. The average molecular weight is 351 g/mol. The van der Waals surface area contributed by atoms with Crippen LogP contribution in [0.4, 0.5) is 0 Å². The number of hydrogen-bond acceptors (Lipinski definition) is 1. The van der Waals surface area contributed by atoms with Gasteiger partial charge in [-0.3, -0.25) is 0 Å². The molecule has 4 rings (SSSR count). The molecule has 22 heavy (non-hydrogen) atoms. The fraction of sp³-hybridized carbons (Fsp3) is 0.100. The van der Waals surface area contributed by atoms with E-state index in [9.17, 15) is 5.11 Å². The summed E-state index contributed by atoms with van der Waals surface area (Å²) in [5.74, 6) is 0. The molecule has 1 N–H and O–H groups in total. The lowest BCUT2D eigenvalue weighted by Gasteiger charge is -2.13. The van der Waals surface area contributed by atoms with E-state index in [-0.39, 0.29) is 0 Å². The minimum atomic E-state index is -0.581. The Morgan fingerprint density at radius 3 is 2.27 bits per heavy atom. The van der Waals surface area contributed by atoms with Crippen LogP contribution in [-0.4, -0.2) is 5.11 Å². The molecule has 0 saturated carbocycles. The maximum atomic E-state index is 10.6. The number of rotatable bonds is 2. The van der Waals surface area contributed by atoms with Gasteiger partial charge in [0.15, 0.2) is 0 Å². The second-order valence-corrected chi connectivity index (χ2v) is 6.62. The lowest BCUT2D eigenvalue weighted by atomic mass is 9.97. The van der Waals surface area contributed by atoms with Gasteiger partial charge in [0.25, 0.3) is 0 Å². The van der Waals surface area contributed by atoms with Gasteiger partial charge >= 0.3 is 0 Å². The summed E-state index contributed by atoms with van der Waals surface area (Å²) in [6.07, 6.45) is 0.369. The zero-order chi connectivity index (χ0) is 15.1. The zero-order valence-electron chi connectivity index (χ0n) is 12.0. The van der Waals surface area contributed by atoms with E-state index in [4.69, 9.17) is 0 Å². The molecule has 1 aliphatic carbocycles. The Morgan fingerprint density at radius 1 is 0.773 bits per heavy atom. The van der Waals surface area contributed by atoms with Gasteiger partial charge in [0, 0.05) is 4.47 Å². The molecule has 108 valence electrons. The summed E-state index contributed by atoms with van der Waals surface area (Å²) >= 11 is 3.43. The van der Waals surface area contributed by atoms with E-state index < -0.39 is 6.10 Å². The predicted octanol–water partition coefficient (Wildman–Crippen LogP) is 5.10. The van der Waals surface area contributed by atoms with Crippen LogP contribution in [0, 0.1) is 0 Å². The van der Waals surface area contributed by atoms with Gasteiger partial charge in [-0.2, -0.15) is 0 Å². The van der Waals surface area contributed by atoms with E-state index in [1.165, 1.54) is 22.3 Å². The molecule has 0 bridgehead atoms. The number of aliphatic hydroxyl groups excluding tert-OH is 1. The summed E-state index contributed by atoms with van der Waals surface area (Å²) < 4.78 is 1.02. The highest BCUT2D eigenvalue weighted by molar-refractivity contribution is 9.10. The SMILES string of the molecule is O[C@@H](c1ccc(Br)cc1)c1ccc2c(c1)Cc1ccccc1-2. The van der Waals surface area contributed by atoms with Crippen LogP contribution >= 0.6 is 15.9 Å². The van der Waals surface area contributed by atoms with Crippen molar-refractivity contribution in [3.05, 3.63) is 93.5 Å². The monoisotopic (exact) mass is 350 g/mol. The molecule has 3 aromatic carbocycles. The second kappa shape index (κ2) is 5.38. The Hall–Kier alpha value is -1.90. The largest absolute Gasteiger partial charge is 0.384 e. The fourth-order valence-corrected chi connectivity index (χ4v) is 3.44. The van der Waals surface area contributed by atoms with Gasteiger partial charge in [-0.15, -0.1) is 0 Å². The maximum absolute atomic E-state index is 10.6. The highest BCUT2D eigenvalue weighted by Gasteiger charge is 2.20. The summed E-state index contributed by atoms with van der Waals surface area (Å²) in [7, 11) is 0. The van der Waals surface area contributed by atoms with Crippen molar-refractivity contribution < 1.29 is 5.11 Å². The van der Waals surface area contributed by atoms with E-state index in [0.29, 0.717) is 0 Å². The Morgan fingerprint density at radius 2 is 1.45 bits per heavy atom. The molecule has 0 fully saturated rings. The number of halogens is 1. The molecule has 1 nitrogen and oxygen atoms in total. The first kappa shape index (κ1) is 13.7. The standard InChI is InChI=1S/C20H15BrO/c21-17-8-5-13(6-9-17)20(22)15-7-10-19-16(12-15)11-14-3-1-2-4-18(14)19/h1-10,12,20,22H,11H2/t20-/m0/s1. The lowest BCUT2D eigenvalue weighted by Crippen LogP contribution is -2.00. The Bertz CT molecular complexity index is 837. The predicted molar refractivity (Wildman–Crippen MR) is 92.9 cm³/mol. The summed E-state index contributed by atoms with van der Waals surface area (Å²) in [6, 6.07) is 22.7. The number of aliphatic hydroxyl groups is 1. The van der Waals surface area contributed by atoms with Crippen molar-refractivity contribution in [2.75, 3.05) is 0 Å². The third kappa shape index (κ3) is 2.29. The number of fused-ring (bicyclic) bond motifs is 3. The van der Waals surface area contributed by atoms with E-state index in [1.807, 2.05) is 30.3 Å². The molecular formula is C20H15BrO. The molecule has 0 spiro atoms. The molecule has 3 aromatic rings. The second-order valence-electron chi connectivity index (χ2n) is 5.70. The van der Waals surface area contributed by atoms with Crippen LogP contribution in [0.15, 0.2) is 71.2 Å². The lowest BCUT2D eigenvalue weighted by molar-refractivity contribution is 0.220. The molecular weight excluding hydrogens is 336 g/mol. The first-order valence-corrected chi connectivity index (χ1v) is 8.16. The third-order valence-corrected chi connectivity index (χ3v) is 4.85. The minimum Gasteiger partial charge on any atom is -0.384 e. The van der Waals surface area contributed by atoms with E-state index >= 15 is 0 Å². The van der Waals surface area contributed by atoms with Crippen LogP contribution in [0.25, 0.3) is 11.1 Å². The molecule has 0 aliphatic heterocycles. The summed E-state index contributed by atoms with van der Waals surface area (Å²) in [5.41, 5.74) is 7.15. The van der Waals surface area contributed by atoms with Crippen LogP contribution in [0.5, 0.6) is 0 Å². The van der Waals surface area contributed by atoms with Crippen molar-refractivity contribution in [1.29, 1.82) is 0 Å².